The van der Waals surface area contributed by atoms with Crippen LogP contribution in [0.4, 0.5) is 0 Å². The first-order valence-corrected chi connectivity index (χ1v) is 12.8. The van der Waals surface area contributed by atoms with Gasteiger partial charge < -0.3 is 0 Å². The zero-order chi connectivity index (χ0) is 23.2. The van der Waals surface area contributed by atoms with E-state index in [1.54, 1.807) is 4.90 Å². The van der Waals surface area contributed by atoms with Crippen LogP contribution in [-0.4, -0.2) is 31.5 Å². The molecule has 0 saturated carbocycles. The number of nitrogens with zero attached hydrogens (tertiary/aromatic N) is 3. The molecule has 0 unspecified atom stereocenters. The average molecular weight is 476 g/mol. The fourth-order valence-electron chi connectivity index (χ4n) is 4.00. The second-order valence-electron chi connectivity index (χ2n) is 8.29. The van der Waals surface area contributed by atoms with Crippen molar-refractivity contribution in [1.82, 2.24) is 14.7 Å². The zero-order valence-electron chi connectivity index (χ0n) is 19.1. The number of amides is 1. The van der Waals surface area contributed by atoms with Crippen LogP contribution in [0.5, 0.6) is 0 Å². The van der Waals surface area contributed by atoms with Crippen molar-refractivity contribution >= 4 is 40.3 Å². The normalized spacial score (nSPS) is 16.1. The van der Waals surface area contributed by atoms with Crippen LogP contribution in [0.3, 0.4) is 0 Å². The monoisotopic (exact) mass is 475 g/mol. The summed E-state index contributed by atoms with van der Waals surface area (Å²) in [5, 5.41) is 4.86. The molecule has 1 fully saturated rings. The Labute approximate surface area is 205 Å². The van der Waals surface area contributed by atoms with Crippen LogP contribution in [0.1, 0.15) is 45.1 Å². The molecule has 6 heteroatoms. The van der Waals surface area contributed by atoms with Gasteiger partial charge in [0.2, 0.25) is 0 Å². The van der Waals surface area contributed by atoms with Gasteiger partial charge in [0.25, 0.3) is 5.91 Å². The maximum Gasteiger partial charge on any atom is 0.266 e. The Bertz CT molecular complexity index is 1140. The third-order valence-electron chi connectivity index (χ3n) is 5.95. The Morgan fingerprint density at radius 2 is 1.76 bits per heavy atom. The van der Waals surface area contributed by atoms with E-state index in [1.807, 2.05) is 77.6 Å². The number of carbonyl (C=O) groups is 1. The highest BCUT2D eigenvalue weighted by Crippen LogP contribution is 2.35. The van der Waals surface area contributed by atoms with E-state index in [0.717, 1.165) is 35.3 Å². The second-order valence-corrected chi connectivity index (χ2v) is 9.96. The zero-order valence-corrected chi connectivity index (χ0v) is 20.7. The van der Waals surface area contributed by atoms with Gasteiger partial charge in [-0.2, -0.15) is 5.10 Å². The minimum Gasteiger partial charge on any atom is -0.293 e. The van der Waals surface area contributed by atoms with Crippen molar-refractivity contribution in [2.24, 2.45) is 5.92 Å². The molecule has 1 aliphatic heterocycles. The Morgan fingerprint density at radius 1 is 1.06 bits per heavy atom. The molecule has 33 heavy (non-hydrogen) atoms. The van der Waals surface area contributed by atoms with E-state index in [4.69, 9.17) is 17.3 Å². The van der Waals surface area contributed by atoms with E-state index in [-0.39, 0.29) is 5.91 Å². The molecule has 170 valence electrons. The van der Waals surface area contributed by atoms with Crippen molar-refractivity contribution in [3.05, 3.63) is 77.3 Å². The SMILES string of the molecule is CCCC[C@H](CC)CN1C(=O)/C(=C\c2cn(-c3ccccc3)nc2-c2ccccc2)SC1=S. The van der Waals surface area contributed by atoms with Crippen molar-refractivity contribution in [1.29, 1.82) is 0 Å². The van der Waals surface area contributed by atoms with Crippen molar-refractivity contribution in [2.75, 3.05) is 6.54 Å². The van der Waals surface area contributed by atoms with Gasteiger partial charge >= 0.3 is 0 Å². The van der Waals surface area contributed by atoms with E-state index in [9.17, 15) is 4.79 Å². The largest absolute Gasteiger partial charge is 0.293 e. The van der Waals surface area contributed by atoms with Gasteiger partial charge in [-0.25, -0.2) is 4.68 Å². The van der Waals surface area contributed by atoms with Crippen LogP contribution in [0, 0.1) is 5.92 Å². The first kappa shape index (κ1) is 23.5. The molecule has 1 amide bonds. The predicted molar refractivity (Wildman–Crippen MR) is 142 cm³/mol. The number of carbonyl (C=O) groups excluding carboxylic acids is 1. The fourth-order valence-corrected chi connectivity index (χ4v) is 5.27. The number of hydrogen-bond acceptors (Lipinski definition) is 4. The van der Waals surface area contributed by atoms with Crippen molar-refractivity contribution in [2.45, 2.75) is 39.5 Å². The maximum absolute atomic E-state index is 13.3. The van der Waals surface area contributed by atoms with Crippen molar-refractivity contribution in [3.63, 3.8) is 0 Å². The number of benzene rings is 2. The first-order valence-electron chi connectivity index (χ1n) is 11.6. The van der Waals surface area contributed by atoms with Gasteiger partial charge in [0.15, 0.2) is 0 Å². The molecular weight excluding hydrogens is 446 g/mol. The van der Waals surface area contributed by atoms with Crippen LogP contribution in [-0.2, 0) is 4.79 Å². The smallest absolute Gasteiger partial charge is 0.266 e. The van der Waals surface area contributed by atoms with Crippen molar-refractivity contribution < 1.29 is 4.79 Å². The molecule has 1 saturated heterocycles. The minimum atomic E-state index is 0.00595. The number of para-hydroxylation sites is 1. The molecule has 4 rings (SSSR count). The number of aromatic nitrogens is 2. The lowest BCUT2D eigenvalue weighted by molar-refractivity contribution is -0.122. The summed E-state index contributed by atoms with van der Waals surface area (Å²) >= 11 is 7.00. The number of hydrogen-bond donors (Lipinski definition) is 0. The molecule has 0 aliphatic carbocycles. The summed E-state index contributed by atoms with van der Waals surface area (Å²) in [5.74, 6) is 0.485. The summed E-state index contributed by atoms with van der Waals surface area (Å²) in [7, 11) is 0. The number of rotatable bonds is 9. The summed E-state index contributed by atoms with van der Waals surface area (Å²) < 4.78 is 2.52. The number of unbranched alkanes of at least 4 members (excludes halogenated alkanes) is 1. The Hall–Kier alpha value is -2.70. The van der Waals surface area contributed by atoms with Gasteiger partial charge in [-0.1, -0.05) is 106 Å². The minimum absolute atomic E-state index is 0.00595. The topological polar surface area (TPSA) is 38.1 Å². The van der Waals surface area contributed by atoms with Gasteiger partial charge in [0, 0.05) is 23.9 Å². The molecular formula is C27H29N3OS2. The molecule has 0 radical (unpaired) electrons. The molecule has 1 aromatic heterocycles. The van der Waals surface area contributed by atoms with Crippen molar-refractivity contribution in [3.8, 4) is 16.9 Å². The number of thiocarbonyl (C=S) groups is 1. The molecule has 0 bridgehead atoms. The third-order valence-corrected chi connectivity index (χ3v) is 7.33. The van der Waals surface area contributed by atoms with E-state index in [1.165, 1.54) is 24.6 Å². The quantitative estimate of drug-likeness (QED) is 0.248. The molecule has 0 spiro atoms. The van der Waals surface area contributed by atoms with Crippen LogP contribution in [0.25, 0.3) is 23.0 Å². The summed E-state index contributed by atoms with van der Waals surface area (Å²) in [6.45, 7) is 5.10. The Kier molecular flexibility index (Phi) is 7.78. The molecule has 4 nitrogen and oxygen atoms in total. The highest BCUT2D eigenvalue weighted by Gasteiger charge is 2.33. The molecule has 0 N–H and O–H groups in total. The summed E-state index contributed by atoms with van der Waals surface area (Å²) in [4.78, 5) is 15.7. The molecule has 1 atom stereocenters. The lowest BCUT2D eigenvalue weighted by atomic mass is 9.99. The lowest BCUT2D eigenvalue weighted by Gasteiger charge is -2.21. The molecule has 2 aromatic carbocycles. The highest BCUT2D eigenvalue weighted by atomic mass is 32.2. The van der Waals surface area contributed by atoms with Gasteiger partial charge in [0.1, 0.15) is 4.32 Å². The summed E-state index contributed by atoms with van der Waals surface area (Å²) in [6, 6.07) is 20.1. The van der Waals surface area contributed by atoms with E-state index in [2.05, 4.69) is 13.8 Å². The third kappa shape index (κ3) is 5.45. The second kappa shape index (κ2) is 10.9. The van der Waals surface area contributed by atoms with Crippen LogP contribution < -0.4 is 0 Å². The maximum atomic E-state index is 13.3. The number of thioether (sulfide) groups is 1. The predicted octanol–water partition coefficient (Wildman–Crippen LogP) is 6.96. The summed E-state index contributed by atoms with van der Waals surface area (Å²) in [6.07, 6.45) is 8.47. The van der Waals surface area contributed by atoms with E-state index in [0.29, 0.717) is 21.7 Å². The van der Waals surface area contributed by atoms with Gasteiger partial charge in [-0.05, 0) is 30.5 Å². The van der Waals surface area contributed by atoms with Crippen LogP contribution in [0.2, 0.25) is 0 Å². The molecule has 2 heterocycles. The average Bonchev–Trinajstić information content (AvgIpc) is 3.39. The first-order chi connectivity index (χ1) is 16.1. The molecule has 1 aliphatic rings. The summed E-state index contributed by atoms with van der Waals surface area (Å²) in [5.41, 5.74) is 3.74. The molecule has 3 aromatic rings. The van der Waals surface area contributed by atoms with Crippen LogP contribution in [0.15, 0.2) is 71.8 Å². The van der Waals surface area contributed by atoms with E-state index >= 15 is 0 Å². The Balaban J connectivity index is 1.66. The fraction of sp³-hybridized carbons (Fsp3) is 0.296. The van der Waals surface area contributed by atoms with Gasteiger partial charge in [0.05, 0.1) is 16.3 Å². The van der Waals surface area contributed by atoms with E-state index < -0.39 is 0 Å². The highest BCUT2D eigenvalue weighted by molar-refractivity contribution is 8.26. The standard InChI is InChI=1S/C27H29N3OS2/c1-3-5-12-20(4-2)18-29-26(31)24(33-27(29)32)17-22-19-30(23-15-10-7-11-16-23)28-25(22)21-13-8-6-9-14-21/h6-11,13-17,19-20H,3-5,12,18H2,1-2H3/b24-17+/t20-/m0/s1. The van der Waals surface area contributed by atoms with Crippen LogP contribution >= 0.6 is 24.0 Å². The van der Waals surface area contributed by atoms with Gasteiger partial charge in [-0.15, -0.1) is 0 Å². The van der Waals surface area contributed by atoms with Gasteiger partial charge in [-0.3, -0.25) is 9.69 Å². The Morgan fingerprint density at radius 3 is 2.42 bits per heavy atom. The lowest BCUT2D eigenvalue weighted by Crippen LogP contribution is -2.33.